The van der Waals surface area contributed by atoms with Gasteiger partial charge in [-0.1, -0.05) is 24.6 Å². The van der Waals surface area contributed by atoms with Crippen molar-refractivity contribution in [3.63, 3.8) is 0 Å². The van der Waals surface area contributed by atoms with Crippen molar-refractivity contribution in [3.8, 4) is 0 Å². The van der Waals surface area contributed by atoms with Gasteiger partial charge in [0.15, 0.2) is 0 Å². The number of benzene rings is 1. The zero-order valence-electron chi connectivity index (χ0n) is 12.6. The number of anilines is 1. The van der Waals surface area contributed by atoms with E-state index < -0.39 is 0 Å². The SMILES string of the molecule is CCCC(=O)N1CCN(c2c(C)cc(C)cc2Cl)CC1. The fraction of sp³-hybridized carbons (Fsp3) is 0.562. The zero-order valence-corrected chi connectivity index (χ0v) is 13.3. The van der Waals surface area contributed by atoms with Crippen molar-refractivity contribution in [2.45, 2.75) is 33.6 Å². The minimum atomic E-state index is 0.277. The van der Waals surface area contributed by atoms with Gasteiger partial charge < -0.3 is 9.80 Å². The lowest BCUT2D eigenvalue weighted by atomic mass is 10.1. The average Bonchev–Trinajstić information content (AvgIpc) is 2.38. The summed E-state index contributed by atoms with van der Waals surface area (Å²) < 4.78 is 0. The summed E-state index contributed by atoms with van der Waals surface area (Å²) in [5.41, 5.74) is 3.52. The Kier molecular flexibility index (Phi) is 4.92. The van der Waals surface area contributed by atoms with Crippen LogP contribution in [0.5, 0.6) is 0 Å². The second-order valence-electron chi connectivity index (χ2n) is 5.53. The summed E-state index contributed by atoms with van der Waals surface area (Å²) in [5.74, 6) is 0.277. The van der Waals surface area contributed by atoms with E-state index in [4.69, 9.17) is 11.6 Å². The summed E-state index contributed by atoms with van der Waals surface area (Å²) in [7, 11) is 0. The largest absolute Gasteiger partial charge is 0.367 e. The molecule has 0 aliphatic carbocycles. The van der Waals surface area contributed by atoms with Gasteiger partial charge in [0.1, 0.15) is 0 Å². The summed E-state index contributed by atoms with van der Waals surface area (Å²) in [6.45, 7) is 9.51. The summed E-state index contributed by atoms with van der Waals surface area (Å²) in [6, 6.07) is 4.17. The van der Waals surface area contributed by atoms with Gasteiger partial charge in [0.2, 0.25) is 5.91 Å². The maximum atomic E-state index is 11.9. The highest BCUT2D eigenvalue weighted by molar-refractivity contribution is 6.33. The molecular formula is C16H23ClN2O. The molecule has 0 saturated carbocycles. The number of hydrogen-bond acceptors (Lipinski definition) is 2. The first-order valence-corrected chi connectivity index (χ1v) is 7.70. The molecule has 3 nitrogen and oxygen atoms in total. The normalized spacial score (nSPS) is 15.6. The van der Waals surface area contributed by atoms with E-state index in [-0.39, 0.29) is 5.91 Å². The minimum Gasteiger partial charge on any atom is -0.367 e. The molecule has 0 N–H and O–H groups in total. The van der Waals surface area contributed by atoms with Crippen molar-refractivity contribution in [1.82, 2.24) is 4.90 Å². The molecule has 20 heavy (non-hydrogen) atoms. The lowest BCUT2D eigenvalue weighted by molar-refractivity contribution is -0.131. The number of rotatable bonds is 3. The van der Waals surface area contributed by atoms with Crippen molar-refractivity contribution in [2.24, 2.45) is 0 Å². The Morgan fingerprint density at radius 3 is 2.40 bits per heavy atom. The van der Waals surface area contributed by atoms with Gasteiger partial charge in [0.05, 0.1) is 10.7 Å². The number of piperazine rings is 1. The van der Waals surface area contributed by atoms with E-state index in [1.54, 1.807) is 0 Å². The van der Waals surface area contributed by atoms with E-state index in [2.05, 4.69) is 24.8 Å². The summed E-state index contributed by atoms with van der Waals surface area (Å²) >= 11 is 6.39. The number of halogens is 1. The van der Waals surface area contributed by atoms with Crippen LogP contribution >= 0.6 is 11.6 Å². The van der Waals surface area contributed by atoms with E-state index in [0.29, 0.717) is 6.42 Å². The van der Waals surface area contributed by atoms with E-state index in [9.17, 15) is 4.79 Å². The molecule has 1 aliphatic rings. The molecule has 0 atom stereocenters. The predicted molar refractivity (Wildman–Crippen MR) is 84.6 cm³/mol. The Hall–Kier alpha value is -1.22. The van der Waals surface area contributed by atoms with E-state index >= 15 is 0 Å². The molecule has 1 saturated heterocycles. The molecule has 4 heteroatoms. The third-order valence-electron chi connectivity index (χ3n) is 3.81. The standard InChI is InChI=1S/C16H23ClN2O/c1-4-5-15(20)18-6-8-19(9-7-18)16-13(3)10-12(2)11-14(16)17/h10-11H,4-9H2,1-3H3. The van der Waals surface area contributed by atoms with Gasteiger partial charge in [-0.15, -0.1) is 0 Å². The number of amides is 1. The smallest absolute Gasteiger partial charge is 0.222 e. The first-order chi connectivity index (χ1) is 9.52. The Labute approximate surface area is 126 Å². The van der Waals surface area contributed by atoms with Gasteiger partial charge in [0.25, 0.3) is 0 Å². The van der Waals surface area contributed by atoms with Crippen LogP contribution < -0.4 is 4.90 Å². The van der Waals surface area contributed by atoms with Crippen LogP contribution in [0.3, 0.4) is 0 Å². The molecule has 110 valence electrons. The molecule has 1 amide bonds. The second-order valence-corrected chi connectivity index (χ2v) is 5.94. The van der Waals surface area contributed by atoms with Crippen molar-refractivity contribution < 1.29 is 4.79 Å². The van der Waals surface area contributed by atoms with Crippen LogP contribution in [-0.4, -0.2) is 37.0 Å². The lowest BCUT2D eigenvalue weighted by Crippen LogP contribution is -2.49. The third kappa shape index (κ3) is 3.26. The number of carbonyl (C=O) groups excluding carboxylic acids is 1. The topological polar surface area (TPSA) is 23.6 Å². The quantitative estimate of drug-likeness (QED) is 0.853. The molecule has 0 radical (unpaired) electrons. The van der Waals surface area contributed by atoms with Crippen LogP contribution in [0, 0.1) is 13.8 Å². The van der Waals surface area contributed by atoms with E-state index in [0.717, 1.165) is 43.3 Å². The highest BCUT2D eigenvalue weighted by Crippen LogP contribution is 2.31. The van der Waals surface area contributed by atoms with Gasteiger partial charge >= 0.3 is 0 Å². The first-order valence-electron chi connectivity index (χ1n) is 7.32. The molecule has 0 unspecified atom stereocenters. The Morgan fingerprint density at radius 1 is 1.20 bits per heavy atom. The summed E-state index contributed by atoms with van der Waals surface area (Å²) in [6.07, 6.45) is 1.58. The van der Waals surface area contributed by atoms with E-state index in [1.807, 2.05) is 17.9 Å². The first kappa shape index (κ1) is 15.2. The van der Waals surface area contributed by atoms with Crippen molar-refractivity contribution >= 4 is 23.2 Å². The van der Waals surface area contributed by atoms with Gasteiger partial charge in [-0.25, -0.2) is 0 Å². The third-order valence-corrected chi connectivity index (χ3v) is 4.10. The molecule has 2 rings (SSSR count). The van der Waals surface area contributed by atoms with Crippen molar-refractivity contribution in [1.29, 1.82) is 0 Å². The van der Waals surface area contributed by atoms with Gasteiger partial charge in [-0.3, -0.25) is 4.79 Å². The maximum absolute atomic E-state index is 11.9. The molecular weight excluding hydrogens is 272 g/mol. The fourth-order valence-electron chi connectivity index (χ4n) is 2.86. The van der Waals surface area contributed by atoms with Crippen LogP contribution in [-0.2, 0) is 4.79 Å². The highest BCUT2D eigenvalue weighted by Gasteiger charge is 2.22. The molecule has 1 heterocycles. The molecule has 0 bridgehead atoms. The molecule has 0 spiro atoms. The number of nitrogens with zero attached hydrogens (tertiary/aromatic N) is 2. The summed E-state index contributed by atoms with van der Waals surface area (Å²) in [4.78, 5) is 16.2. The Bertz CT molecular complexity index is 470. The fourth-order valence-corrected chi connectivity index (χ4v) is 3.30. The molecule has 1 aromatic rings. The predicted octanol–water partition coefficient (Wildman–Crippen LogP) is 3.41. The minimum absolute atomic E-state index is 0.277. The highest BCUT2D eigenvalue weighted by atomic mass is 35.5. The van der Waals surface area contributed by atoms with Gasteiger partial charge in [-0.05, 0) is 37.5 Å². The zero-order chi connectivity index (χ0) is 14.7. The molecule has 1 aromatic carbocycles. The van der Waals surface area contributed by atoms with Crippen molar-refractivity contribution in [2.75, 3.05) is 31.1 Å². The van der Waals surface area contributed by atoms with Crippen LogP contribution in [0.15, 0.2) is 12.1 Å². The lowest BCUT2D eigenvalue weighted by Gasteiger charge is -2.37. The molecule has 0 aromatic heterocycles. The molecule has 1 fully saturated rings. The van der Waals surface area contributed by atoms with Gasteiger partial charge in [0, 0.05) is 32.6 Å². The maximum Gasteiger partial charge on any atom is 0.222 e. The number of aryl methyl sites for hydroxylation is 2. The second kappa shape index (κ2) is 6.49. The van der Waals surface area contributed by atoms with Crippen molar-refractivity contribution in [3.05, 3.63) is 28.3 Å². The van der Waals surface area contributed by atoms with Crippen LogP contribution in [0.1, 0.15) is 30.9 Å². The van der Waals surface area contributed by atoms with Crippen LogP contribution in [0.2, 0.25) is 5.02 Å². The average molecular weight is 295 g/mol. The summed E-state index contributed by atoms with van der Waals surface area (Å²) in [5, 5.41) is 0.816. The monoisotopic (exact) mass is 294 g/mol. The number of carbonyl (C=O) groups is 1. The Morgan fingerprint density at radius 2 is 1.85 bits per heavy atom. The van der Waals surface area contributed by atoms with Crippen LogP contribution in [0.25, 0.3) is 0 Å². The van der Waals surface area contributed by atoms with E-state index in [1.165, 1.54) is 11.1 Å². The van der Waals surface area contributed by atoms with Crippen LogP contribution in [0.4, 0.5) is 5.69 Å². The number of hydrogen-bond donors (Lipinski definition) is 0. The van der Waals surface area contributed by atoms with Gasteiger partial charge in [-0.2, -0.15) is 0 Å². The Balaban J connectivity index is 2.06. The molecule has 1 aliphatic heterocycles.